The number of nitro groups is 1. The van der Waals surface area contributed by atoms with E-state index in [1.807, 2.05) is 18.7 Å². The zero-order chi connectivity index (χ0) is 19.8. The summed E-state index contributed by atoms with van der Waals surface area (Å²) in [4.78, 5) is 29.2. The summed E-state index contributed by atoms with van der Waals surface area (Å²) in [5.74, 6) is 0.404. The number of anilines is 1. The molecule has 0 fully saturated rings. The lowest BCUT2D eigenvalue weighted by molar-refractivity contribution is -0.384. The molecule has 1 amide bonds. The molecule has 0 aliphatic rings. The summed E-state index contributed by atoms with van der Waals surface area (Å²) in [6, 6.07) is 12.4. The van der Waals surface area contributed by atoms with Gasteiger partial charge >= 0.3 is 6.09 Å². The second-order valence-electron chi connectivity index (χ2n) is 5.40. The fourth-order valence-electron chi connectivity index (χ4n) is 2.31. The zero-order valence-electron chi connectivity index (χ0n) is 14.9. The largest absolute Gasteiger partial charge is 0.437 e. The summed E-state index contributed by atoms with van der Waals surface area (Å²) in [6.07, 6.45) is -0.760. The van der Waals surface area contributed by atoms with Crippen molar-refractivity contribution in [3.8, 4) is 0 Å². The van der Waals surface area contributed by atoms with Crippen LogP contribution in [0, 0.1) is 10.1 Å². The van der Waals surface area contributed by atoms with E-state index < -0.39 is 11.0 Å². The van der Waals surface area contributed by atoms with E-state index in [1.54, 1.807) is 36.4 Å². The highest BCUT2D eigenvalue weighted by Crippen LogP contribution is 2.16. The maximum Gasteiger partial charge on any atom is 0.437 e. The molecule has 0 heterocycles. The third kappa shape index (κ3) is 5.68. The number of rotatable bonds is 6. The Morgan fingerprint density at radius 1 is 1.15 bits per heavy atom. The lowest BCUT2D eigenvalue weighted by Gasteiger charge is -2.22. The van der Waals surface area contributed by atoms with Gasteiger partial charge in [0.15, 0.2) is 5.84 Å². The number of hydrogen-bond acceptors (Lipinski definition) is 5. The Kier molecular flexibility index (Phi) is 7.13. The number of nitrogens with zero attached hydrogens (tertiary/aromatic N) is 3. The van der Waals surface area contributed by atoms with Gasteiger partial charge in [0.25, 0.3) is 5.69 Å². The van der Waals surface area contributed by atoms with E-state index >= 15 is 0 Å². The van der Waals surface area contributed by atoms with Gasteiger partial charge in [-0.2, -0.15) is 0 Å². The van der Waals surface area contributed by atoms with Crippen LogP contribution in [0.15, 0.2) is 53.7 Å². The molecule has 27 heavy (non-hydrogen) atoms. The van der Waals surface area contributed by atoms with Crippen LogP contribution in [0.5, 0.6) is 0 Å². The van der Waals surface area contributed by atoms with Crippen LogP contribution >= 0.6 is 11.6 Å². The number of amides is 1. The highest BCUT2D eigenvalue weighted by atomic mass is 35.5. The number of benzene rings is 2. The van der Waals surface area contributed by atoms with Gasteiger partial charge in [-0.15, -0.1) is 0 Å². The Balaban J connectivity index is 2.18. The predicted octanol–water partition coefficient (Wildman–Crippen LogP) is 4.50. The van der Waals surface area contributed by atoms with Crippen LogP contribution in [0.25, 0.3) is 0 Å². The van der Waals surface area contributed by atoms with Crippen molar-refractivity contribution in [1.82, 2.24) is 4.90 Å². The number of nitrogens with one attached hydrogen (secondary N) is 1. The predicted molar refractivity (Wildman–Crippen MR) is 104 cm³/mol. The second-order valence-corrected chi connectivity index (χ2v) is 5.84. The van der Waals surface area contributed by atoms with E-state index in [-0.39, 0.29) is 5.69 Å². The first-order chi connectivity index (χ1) is 12.9. The smallest absolute Gasteiger partial charge is 0.354 e. The maximum atomic E-state index is 12.0. The molecule has 0 spiro atoms. The molecule has 1 N–H and O–H groups in total. The molecular weight excluding hydrogens is 372 g/mol. The van der Waals surface area contributed by atoms with Crippen LogP contribution in [-0.2, 0) is 4.84 Å². The van der Waals surface area contributed by atoms with Crippen molar-refractivity contribution < 1.29 is 14.6 Å². The molecule has 0 aromatic heterocycles. The van der Waals surface area contributed by atoms with Gasteiger partial charge in [0.05, 0.1) is 4.92 Å². The number of oxime groups is 1. The van der Waals surface area contributed by atoms with Crippen molar-refractivity contribution in [2.24, 2.45) is 5.16 Å². The molecule has 0 aliphatic heterocycles. The summed E-state index contributed by atoms with van der Waals surface area (Å²) >= 11 is 5.80. The SMILES string of the molecule is CCN(CC)/C(=N/OC(=O)Nc1ccc(Cl)cc1)c1ccc([N+](=O)[O-])cc1. The molecule has 8 nitrogen and oxygen atoms in total. The number of halogens is 1. The minimum Gasteiger partial charge on any atom is -0.354 e. The standard InChI is InChI=1S/C18H19ClN4O4/c1-3-22(4-2)17(13-5-11-16(12-6-13)23(25)26)21-27-18(24)20-15-9-7-14(19)8-10-15/h5-12H,3-4H2,1-2H3,(H,20,24)/b21-17+. The fourth-order valence-corrected chi connectivity index (χ4v) is 2.43. The molecule has 0 saturated carbocycles. The lowest BCUT2D eigenvalue weighted by Crippen LogP contribution is -2.32. The first kappa shape index (κ1) is 20.2. The number of nitro benzene ring substituents is 1. The van der Waals surface area contributed by atoms with Gasteiger partial charge in [-0.1, -0.05) is 16.8 Å². The number of hydrogen-bond donors (Lipinski definition) is 1. The molecule has 0 radical (unpaired) electrons. The first-order valence-electron chi connectivity index (χ1n) is 8.26. The summed E-state index contributed by atoms with van der Waals surface area (Å²) in [6.45, 7) is 5.10. The average Bonchev–Trinajstić information content (AvgIpc) is 2.67. The second kappa shape index (κ2) is 9.54. The Morgan fingerprint density at radius 2 is 1.74 bits per heavy atom. The van der Waals surface area contributed by atoms with Crippen molar-refractivity contribution in [3.63, 3.8) is 0 Å². The van der Waals surface area contributed by atoms with Crippen LogP contribution in [0.3, 0.4) is 0 Å². The summed E-state index contributed by atoms with van der Waals surface area (Å²) < 4.78 is 0. The van der Waals surface area contributed by atoms with Crippen molar-refractivity contribution in [1.29, 1.82) is 0 Å². The Labute approximate surface area is 161 Å². The van der Waals surface area contributed by atoms with Crippen LogP contribution in [0.4, 0.5) is 16.2 Å². The number of carbonyl (C=O) groups is 1. The van der Waals surface area contributed by atoms with Gasteiger partial charge in [0, 0.05) is 41.5 Å². The molecule has 2 aromatic rings. The van der Waals surface area contributed by atoms with Gasteiger partial charge < -0.3 is 4.90 Å². The summed E-state index contributed by atoms with van der Waals surface area (Å²) in [5, 5.41) is 17.9. The Bertz CT molecular complexity index is 818. The quantitative estimate of drug-likeness (QED) is 0.257. The molecule has 0 saturated heterocycles. The van der Waals surface area contributed by atoms with Gasteiger partial charge in [-0.3, -0.25) is 20.3 Å². The number of non-ortho nitro benzene ring substituents is 1. The Morgan fingerprint density at radius 3 is 2.26 bits per heavy atom. The van der Waals surface area contributed by atoms with Crippen LogP contribution in [0.1, 0.15) is 19.4 Å². The van der Waals surface area contributed by atoms with E-state index in [4.69, 9.17) is 16.4 Å². The highest BCUT2D eigenvalue weighted by Gasteiger charge is 2.15. The normalized spacial score (nSPS) is 11.0. The third-order valence-electron chi connectivity index (χ3n) is 3.70. The van der Waals surface area contributed by atoms with Crippen molar-refractivity contribution in [2.75, 3.05) is 18.4 Å². The average molecular weight is 391 g/mol. The van der Waals surface area contributed by atoms with Crippen molar-refractivity contribution in [2.45, 2.75) is 13.8 Å². The van der Waals surface area contributed by atoms with E-state index in [1.165, 1.54) is 12.1 Å². The van der Waals surface area contributed by atoms with Crippen LogP contribution < -0.4 is 5.32 Å². The molecule has 0 bridgehead atoms. The molecule has 9 heteroatoms. The molecule has 0 aliphatic carbocycles. The van der Waals surface area contributed by atoms with Gasteiger partial charge in [0.2, 0.25) is 0 Å². The van der Waals surface area contributed by atoms with Crippen LogP contribution in [0.2, 0.25) is 5.02 Å². The molecule has 142 valence electrons. The topological polar surface area (TPSA) is 97.1 Å². The number of carbonyl (C=O) groups excluding carboxylic acids is 1. The fraction of sp³-hybridized carbons (Fsp3) is 0.222. The molecule has 2 rings (SSSR count). The van der Waals surface area contributed by atoms with E-state index in [0.29, 0.717) is 35.2 Å². The monoisotopic (exact) mass is 390 g/mol. The lowest BCUT2D eigenvalue weighted by atomic mass is 10.1. The maximum absolute atomic E-state index is 12.0. The van der Waals surface area contributed by atoms with Crippen LogP contribution in [-0.4, -0.2) is 34.8 Å². The molecule has 2 aromatic carbocycles. The minimum atomic E-state index is -0.760. The first-order valence-corrected chi connectivity index (χ1v) is 8.63. The summed E-state index contributed by atoms with van der Waals surface area (Å²) in [5.41, 5.74) is 1.09. The van der Waals surface area contributed by atoms with Crippen molar-refractivity contribution >= 4 is 34.9 Å². The molecular formula is C18H19ClN4O4. The molecule has 0 unspecified atom stereocenters. The summed E-state index contributed by atoms with van der Waals surface area (Å²) in [7, 11) is 0. The van der Waals surface area contributed by atoms with E-state index in [9.17, 15) is 14.9 Å². The van der Waals surface area contributed by atoms with Gasteiger partial charge in [-0.25, -0.2) is 4.79 Å². The minimum absolute atomic E-state index is 0.0287. The van der Waals surface area contributed by atoms with Gasteiger partial charge in [-0.05, 0) is 50.2 Å². The van der Waals surface area contributed by atoms with Crippen molar-refractivity contribution in [3.05, 3.63) is 69.2 Å². The number of amidine groups is 1. The Hall–Kier alpha value is -3.13. The van der Waals surface area contributed by atoms with Gasteiger partial charge in [0.1, 0.15) is 0 Å². The highest BCUT2D eigenvalue weighted by molar-refractivity contribution is 6.30. The van der Waals surface area contributed by atoms with E-state index in [2.05, 4.69) is 10.5 Å². The third-order valence-corrected chi connectivity index (χ3v) is 3.96. The molecule has 0 atom stereocenters. The zero-order valence-corrected chi connectivity index (χ0v) is 15.6. The van der Waals surface area contributed by atoms with E-state index in [0.717, 1.165) is 0 Å².